The van der Waals surface area contributed by atoms with Crippen LogP contribution in [0.4, 0.5) is 0 Å². The molecule has 2 unspecified atom stereocenters. The Bertz CT molecular complexity index is 432. The number of hydrogen-bond donors (Lipinski definition) is 1. The van der Waals surface area contributed by atoms with Gasteiger partial charge in [-0.3, -0.25) is 4.90 Å². The lowest BCUT2D eigenvalue weighted by molar-refractivity contribution is 0.0673. The fourth-order valence-electron chi connectivity index (χ4n) is 2.96. The lowest BCUT2D eigenvalue weighted by Gasteiger charge is -2.46. The van der Waals surface area contributed by atoms with Crippen molar-refractivity contribution in [2.24, 2.45) is 5.92 Å². The number of rotatable bonds is 5. The maximum absolute atomic E-state index is 6.07. The van der Waals surface area contributed by atoms with E-state index in [2.05, 4.69) is 44.0 Å². The first-order chi connectivity index (χ1) is 9.42. The molecule has 1 N–H and O–H groups in total. The largest absolute Gasteiger partial charge is 0.309 e. The van der Waals surface area contributed by atoms with Crippen molar-refractivity contribution in [1.82, 2.24) is 10.2 Å². The summed E-state index contributed by atoms with van der Waals surface area (Å²) >= 11 is 7.78. The van der Waals surface area contributed by atoms with Gasteiger partial charge in [0.25, 0.3) is 0 Å². The highest BCUT2D eigenvalue weighted by molar-refractivity contribution is 7.16. The minimum absolute atomic E-state index is 0.245. The number of halogens is 1. The lowest BCUT2D eigenvalue weighted by Crippen LogP contribution is -2.62. The van der Waals surface area contributed by atoms with Crippen molar-refractivity contribution in [2.75, 3.05) is 13.1 Å². The Hall–Kier alpha value is -0.0900. The maximum atomic E-state index is 6.07. The molecule has 0 bridgehead atoms. The third-order valence-electron chi connectivity index (χ3n) is 4.34. The summed E-state index contributed by atoms with van der Waals surface area (Å²) in [5, 5.41) is 3.76. The predicted molar refractivity (Wildman–Crippen MR) is 89.7 cm³/mol. The molecule has 2 rings (SSSR count). The van der Waals surface area contributed by atoms with Crippen LogP contribution >= 0.6 is 22.9 Å². The minimum atomic E-state index is 0.245. The molecule has 1 aliphatic rings. The monoisotopic (exact) mass is 314 g/mol. The molecule has 114 valence electrons. The SMILES string of the molecule is CCC1(C)CN(Cc2ccc(Cl)s2)C(CC(C)C)CN1. The summed E-state index contributed by atoms with van der Waals surface area (Å²) in [6, 6.07) is 4.82. The molecule has 1 fully saturated rings. The molecule has 0 saturated carbocycles. The molecule has 1 aromatic rings. The Labute approximate surface area is 132 Å². The summed E-state index contributed by atoms with van der Waals surface area (Å²) in [5.41, 5.74) is 0.245. The second-order valence-electron chi connectivity index (χ2n) is 6.69. The molecule has 1 aliphatic heterocycles. The summed E-state index contributed by atoms with van der Waals surface area (Å²) in [4.78, 5) is 4.03. The molecule has 2 atom stereocenters. The highest BCUT2D eigenvalue weighted by Gasteiger charge is 2.34. The Balaban J connectivity index is 2.08. The molecule has 0 aromatic carbocycles. The van der Waals surface area contributed by atoms with Crippen LogP contribution in [0.5, 0.6) is 0 Å². The number of nitrogens with one attached hydrogen (secondary N) is 1. The first kappa shape index (κ1) is 16.3. The van der Waals surface area contributed by atoms with Gasteiger partial charge in [-0.1, -0.05) is 32.4 Å². The molecule has 0 aliphatic carbocycles. The standard InChI is InChI=1S/C16H27ClN2S/c1-5-16(4)11-19(10-14-6-7-15(17)20-14)13(9-18-16)8-12(2)3/h6-7,12-13,18H,5,8-11H2,1-4H3. The van der Waals surface area contributed by atoms with Crippen LogP contribution in [0.15, 0.2) is 12.1 Å². The van der Waals surface area contributed by atoms with Gasteiger partial charge in [0.05, 0.1) is 4.34 Å². The van der Waals surface area contributed by atoms with Crippen LogP contribution < -0.4 is 5.32 Å². The molecule has 2 heterocycles. The molecule has 0 spiro atoms. The van der Waals surface area contributed by atoms with Crippen LogP contribution in [0.1, 0.15) is 45.4 Å². The van der Waals surface area contributed by atoms with Gasteiger partial charge in [0, 0.05) is 36.1 Å². The third-order valence-corrected chi connectivity index (χ3v) is 5.56. The maximum Gasteiger partial charge on any atom is 0.0931 e. The Kier molecular flexibility index (Phi) is 5.52. The van der Waals surface area contributed by atoms with Gasteiger partial charge in [0.2, 0.25) is 0 Å². The summed E-state index contributed by atoms with van der Waals surface area (Å²) < 4.78 is 0.897. The number of hydrogen-bond acceptors (Lipinski definition) is 3. The zero-order chi connectivity index (χ0) is 14.8. The van der Waals surface area contributed by atoms with Crippen LogP contribution in [0.25, 0.3) is 0 Å². The van der Waals surface area contributed by atoms with E-state index in [0.717, 1.165) is 29.9 Å². The van der Waals surface area contributed by atoms with E-state index >= 15 is 0 Å². The van der Waals surface area contributed by atoms with E-state index in [9.17, 15) is 0 Å². The Morgan fingerprint density at radius 2 is 2.25 bits per heavy atom. The molecular formula is C16H27ClN2S. The van der Waals surface area contributed by atoms with Gasteiger partial charge >= 0.3 is 0 Å². The van der Waals surface area contributed by atoms with Crippen molar-refractivity contribution in [3.05, 3.63) is 21.3 Å². The van der Waals surface area contributed by atoms with Crippen molar-refractivity contribution >= 4 is 22.9 Å². The average molecular weight is 315 g/mol. The zero-order valence-electron chi connectivity index (χ0n) is 13.1. The van der Waals surface area contributed by atoms with Gasteiger partial charge < -0.3 is 5.32 Å². The van der Waals surface area contributed by atoms with Gasteiger partial charge in [-0.05, 0) is 37.8 Å². The second kappa shape index (κ2) is 6.78. The van der Waals surface area contributed by atoms with E-state index < -0.39 is 0 Å². The van der Waals surface area contributed by atoms with E-state index in [-0.39, 0.29) is 5.54 Å². The van der Waals surface area contributed by atoms with Crippen molar-refractivity contribution < 1.29 is 0 Å². The molecule has 4 heteroatoms. The van der Waals surface area contributed by atoms with Gasteiger partial charge in [-0.15, -0.1) is 11.3 Å². The van der Waals surface area contributed by atoms with Gasteiger partial charge in [-0.2, -0.15) is 0 Å². The fraction of sp³-hybridized carbons (Fsp3) is 0.750. The highest BCUT2D eigenvalue weighted by Crippen LogP contribution is 2.28. The second-order valence-corrected chi connectivity index (χ2v) is 8.49. The van der Waals surface area contributed by atoms with Crippen LogP contribution in [0, 0.1) is 5.92 Å². The van der Waals surface area contributed by atoms with Gasteiger partial charge in [0.1, 0.15) is 0 Å². The quantitative estimate of drug-likeness (QED) is 0.867. The van der Waals surface area contributed by atoms with Crippen LogP contribution in [0.3, 0.4) is 0 Å². The zero-order valence-corrected chi connectivity index (χ0v) is 14.7. The van der Waals surface area contributed by atoms with E-state index in [0.29, 0.717) is 6.04 Å². The number of thiophene rings is 1. The van der Waals surface area contributed by atoms with Gasteiger partial charge in [0.15, 0.2) is 0 Å². The molecule has 0 radical (unpaired) electrons. The van der Waals surface area contributed by atoms with E-state index in [4.69, 9.17) is 11.6 Å². The van der Waals surface area contributed by atoms with E-state index in [1.807, 2.05) is 6.07 Å². The first-order valence-corrected chi connectivity index (χ1v) is 8.84. The van der Waals surface area contributed by atoms with Crippen molar-refractivity contribution in [3.8, 4) is 0 Å². The third kappa shape index (κ3) is 4.20. The van der Waals surface area contributed by atoms with Crippen LogP contribution in [-0.4, -0.2) is 29.6 Å². The first-order valence-electron chi connectivity index (χ1n) is 7.65. The molecular weight excluding hydrogens is 288 g/mol. The summed E-state index contributed by atoms with van der Waals surface area (Å²) in [6.45, 7) is 12.5. The summed E-state index contributed by atoms with van der Waals surface area (Å²) in [5.74, 6) is 0.738. The lowest BCUT2D eigenvalue weighted by atomic mass is 9.90. The van der Waals surface area contributed by atoms with E-state index in [1.54, 1.807) is 11.3 Å². The normalized spacial score (nSPS) is 28.2. The smallest absolute Gasteiger partial charge is 0.0931 e. The van der Waals surface area contributed by atoms with Crippen LogP contribution in [-0.2, 0) is 6.54 Å². The molecule has 20 heavy (non-hydrogen) atoms. The number of piperazine rings is 1. The Morgan fingerprint density at radius 1 is 1.50 bits per heavy atom. The highest BCUT2D eigenvalue weighted by atomic mass is 35.5. The Morgan fingerprint density at radius 3 is 2.80 bits per heavy atom. The van der Waals surface area contributed by atoms with Crippen molar-refractivity contribution in [3.63, 3.8) is 0 Å². The average Bonchev–Trinajstić information content (AvgIpc) is 2.78. The molecule has 2 nitrogen and oxygen atoms in total. The summed E-state index contributed by atoms with van der Waals surface area (Å²) in [7, 11) is 0. The molecule has 1 aromatic heterocycles. The topological polar surface area (TPSA) is 15.3 Å². The minimum Gasteiger partial charge on any atom is -0.309 e. The molecule has 1 saturated heterocycles. The van der Waals surface area contributed by atoms with E-state index in [1.165, 1.54) is 17.7 Å². The molecule has 0 amide bonds. The fourth-order valence-corrected chi connectivity index (χ4v) is 4.08. The summed E-state index contributed by atoms with van der Waals surface area (Å²) in [6.07, 6.45) is 2.43. The van der Waals surface area contributed by atoms with Crippen molar-refractivity contribution in [1.29, 1.82) is 0 Å². The van der Waals surface area contributed by atoms with Gasteiger partial charge in [-0.25, -0.2) is 0 Å². The van der Waals surface area contributed by atoms with Crippen molar-refractivity contribution in [2.45, 2.75) is 58.7 Å². The number of nitrogens with zero attached hydrogens (tertiary/aromatic N) is 1. The predicted octanol–water partition coefficient (Wildman–Crippen LogP) is 4.39. The van der Waals surface area contributed by atoms with Crippen LogP contribution in [0.2, 0.25) is 4.34 Å².